The quantitative estimate of drug-likeness (QED) is 0.572. The van der Waals surface area contributed by atoms with Crippen molar-refractivity contribution in [3.8, 4) is 0 Å². The first-order valence-electron chi connectivity index (χ1n) is 9.89. The lowest BCUT2D eigenvalue weighted by molar-refractivity contribution is -0.114. The highest BCUT2D eigenvalue weighted by Gasteiger charge is 2.23. The van der Waals surface area contributed by atoms with Crippen LogP contribution in [0.1, 0.15) is 40.5 Å². The molecule has 8 heteroatoms. The number of anilines is 2. The van der Waals surface area contributed by atoms with Gasteiger partial charge in [-0.25, -0.2) is 14.8 Å². The maximum absolute atomic E-state index is 12.7. The molecule has 2 heterocycles. The summed E-state index contributed by atoms with van der Waals surface area (Å²) in [5.74, 6) is 0.706. The smallest absolute Gasteiger partial charge is 0.348 e. The molecular weight excluding hydrogens is 400 g/mol. The van der Waals surface area contributed by atoms with E-state index in [-0.39, 0.29) is 18.4 Å². The fourth-order valence-corrected chi connectivity index (χ4v) is 4.43. The van der Waals surface area contributed by atoms with Crippen molar-refractivity contribution in [3.63, 3.8) is 0 Å². The number of likely N-dealkylation sites (N-methyl/N-ethyl adjacent to an activating group) is 1. The second-order valence-corrected chi connectivity index (χ2v) is 7.97. The fourth-order valence-electron chi connectivity index (χ4n) is 3.32. The van der Waals surface area contributed by atoms with Crippen molar-refractivity contribution in [3.05, 3.63) is 46.1 Å². The summed E-state index contributed by atoms with van der Waals surface area (Å²) in [4.78, 5) is 37.1. The highest BCUT2D eigenvalue weighted by molar-refractivity contribution is 7.20. The van der Waals surface area contributed by atoms with Crippen molar-refractivity contribution in [1.29, 1.82) is 0 Å². The number of carbonyl (C=O) groups excluding carboxylic acids is 2. The number of aryl methyl sites for hydroxylation is 3. The van der Waals surface area contributed by atoms with Gasteiger partial charge in [0.15, 0.2) is 0 Å². The Morgan fingerprint density at radius 1 is 1.17 bits per heavy atom. The number of amides is 1. The Morgan fingerprint density at radius 3 is 2.60 bits per heavy atom. The largest absolute Gasteiger partial charge is 0.462 e. The molecule has 0 aliphatic heterocycles. The van der Waals surface area contributed by atoms with Gasteiger partial charge in [0.05, 0.1) is 18.5 Å². The van der Waals surface area contributed by atoms with Crippen LogP contribution in [0, 0.1) is 13.8 Å². The molecule has 0 aliphatic rings. The molecule has 0 unspecified atom stereocenters. The molecule has 158 valence electrons. The monoisotopic (exact) mass is 426 g/mol. The predicted molar refractivity (Wildman–Crippen MR) is 121 cm³/mol. The van der Waals surface area contributed by atoms with Gasteiger partial charge in [0.25, 0.3) is 0 Å². The van der Waals surface area contributed by atoms with Crippen molar-refractivity contribution >= 4 is 44.9 Å². The Kier molecular flexibility index (Phi) is 6.66. The number of carbonyl (C=O) groups is 2. The Hall–Kier alpha value is -3.00. The topological polar surface area (TPSA) is 84.4 Å². The molecule has 30 heavy (non-hydrogen) atoms. The zero-order valence-corrected chi connectivity index (χ0v) is 18.7. The number of para-hydroxylation sites is 1. The molecule has 0 radical (unpaired) electrons. The first kappa shape index (κ1) is 21.7. The van der Waals surface area contributed by atoms with E-state index in [9.17, 15) is 9.59 Å². The summed E-state index contributed by atoms with van der Waals surface area (Å²) in [6, 6.07) is 7.77. The Bertz CT molecular complexity index is 1090. The minimum Gasteiger partial charge on any atom is -0.462 e. The molecule has 1 aromatic carbocycles. The molecule has 0 saturated carbocycles. The maximum atomic E-state index is 12.7. The van der Waals surface area contributed by atoms with Gasteiger partial charge in [-0.15, -0.1) is 11.3 Å². The summed E-state index contributed by atoms with van der Waals surface area (Å²) in [6.45, 7) is 7.92. The number of thiophene rings is 1. The number of ether oxygens (including phenoxy) is 1. The third-order valence-electron chi connectivity index (χ3n) is 4.76. The SMILES string of the molecule is CCOC(=O)c1sc2nc(C)nc(N(C)CC(=O)Nc3ccccc3CC)c2c1C. The molecule has 0 spiro atoms. The second-order valence-electron chi connectivity index (χ2n) is 6.97. The van der Waals surface area contributed by atoms with Crippen LogP contribution >= 0.6 is 11.3 Å². The third-order valence-corrected chi connectivity index (χ3v) is 5.92. The molecule has 0 atom stereocenters. The summed E-state index contributed by atoms with van der Waals surface area (Å²) in [7, 11) is 1.81. The molecule has 3 rings (SSSR count). The zero-order valence-electron chi connectivity index (χ0n) is 17.9. The number of hydrogen-bond donors (Lipinski definition) is 1. The van der Waals surface area contributed by atoms with Crippen molar-refractivity contribution in [2.45, 2.75) is 34.1 Å². The van der Waals surface area contributed by atoms with Crippen LogP contribution in [0.2, 0.25) is 0 Å². The van der Waals surface area contributed by atoms with Crippen LogP contribution in [0.15, 0.2) is 24.3 Å². The van der Waals surface area contributed by atoms with Gasteiger partial charge >= 0.3 is 5.97 Å². The molecule has 3 aromatic rings. The third kappa shape index (κ3) is 4.43. The van der Waals surface area contributed by atoms with E-state index in [0.29, 0.717) is 28.0 Å². The number of aromatic nitrogens is 2. The summed E-state index contributed by atoms with van der Waals surface area (Å²) in [5.41, 5.74) is 2.67. The number of nitrogens with zero attached hydrogens (tertiary/aromatic N) is 3. The van der Waals surface area contributed by atoms with Gasteiger partial charge in [0, 0.05) is 12.7 Å². The van der Waals surface area contributed by atoms with Gasteiger partial charge < -0.3 is 15.0 Å². The minimum atomic E-state index is -0.363. The number of fused-ring (bicyclic) bond motifs is 1. The maximum Gasteiger partial charge on any atom is 0.348 e. The van der Waals surface area contributed by atoms with Crippen LogP contribution in [0.3, 0.4) is 0 Å². The van der Waals surface area contributed by atoms with Crippen LogP contribution in [0.4, 0.5) is 11.5 Å². The minimum absolute atomic E-state index is 0.119. The molecule has 0 saturated heterocycles. The van der Waals surface area contributed by atoms with E-state index in [4.69, 9.17) is 4.74 Å². The van der Waals surface area contributed by atoms with Crippen molar-refractivity contribution in [1.82, 2.24) is 9.97 Å². The fraction of sp³-hybridized carbons (Fsp3) is 0.364. The number of benzene rings is 1. The normalized spacial score (nSPS) is 10.8. The van der Waals surface area contributed by atoms with E-state index in [1.54, 1.807) is 18.7 Å². The van der Waals surface area contributed by atoms with E-state index >= 15 is 0 Å². The molecule has 7 nitrogen and oxygen atoms in total. The van der Waals surface area contributed by atoms with Crippen LogP contribution in [0.5, 0.6) is 0 Å². The summed E-state index contributed by atoms with van der Waals surface area (Å²) < 4.78 is 5.17. The average Bonchev–Trinajstić information content (AvgIpc) is 3.04. The van der Waals surface area contributed by atoms with E-state index in [0.717, 1.165) is 28.6 Å². The van der Waals surface area contributed by atoms with E-state index < -0.39 is 0 Å². The standard InChI is InChI=1S/C22H26N4O3S/c1-6-15-10-8-9-11-16(15)25-17(27)12-26(5)20-18-13(3)19(22(28)29-7-2)30-21(18)24-14(4)23-20/h8-11H,6-7,12H2,1-5H3,(H,25,27). The highest BCUT2D eigenvalue weighted by atomic mass is 32.1. The molecule has 1 amide bonds. The van der Waals surface area contributed by atoms with E-state index in [2.05, 4.69) is 22.2 Å². The first-order chi connectivity index (χ1) is 14.3. The van der Waals surface area contributed by atoms with Crippen LogP contribution in [0.25, 0.3) is 10.2 Å². The van der Waals surface area contributed by atoms with Crippen LogP contribution in [-0.4, -0.2) is 42.0 Å². The average molecular weight is 427 g/mol. The lowest BCUT2D eigenvalue weighted by Gasteiger charge is -2.20. The zero-order chi connectivity index (χ0) is 21.8. The van der Waals surface area contributed by atoms with E-state index in [1.165, 1.54) is 11.3 Å². The van der Waals surface area contributed by atoms with Crippen molar-refractivity contribution in [2.75, 3.05) is 30.4 Å². The van der Waals surface area contributed by atoms with Gasteiger partial charge in [-0.2, -0.15) is 0 Å². The van der Waals surface area contributed by atoms with Gasteiger partial charge in [0.2, 0.25) is 5.91 Å². The van der Waals surface area contributed by atoms with Gasteiger partial charge in [-0.1, -0.05) is 25.1 Å². The van der Waals surface area contributed by atoms with Crippen molar-refractivity contribution in [2.24, 2.45) is 0 Å². The molecule has 0 fully saturated rings. The van der Waals surface area contributed by atoms with Crippen LogP contribution < -0.4 is 10.2 Å². The summed E-state index contributed by atoms with van der Waals surface area (Å²) in [6.07, 6.45) is 0.836. The summed E-state index contributed by atoms with van der Waals surface area (Å²) >= 11 is 1.29. The van der Waals surface area contributed by atoms with Crippen molar-refractivity contribution < 1.29 is 14.3 Å². The van der Waals surface area contributed by atoms with Gasteiger partial charge in [-0.3, -0.25) is 4.79 Å². The number of rotatable bonds is 7. The van der Waals surface area contributed by atoms with Gasteiger partial charge in [0.1, 0.15) is 21.3 Å². The Labute approximate surface area is 180 Å². The molecule has 0 bridgehead atoms. The number of esters is 1. The predicted octanol–water partition coefficient (Wildman–Crippen LogP) is 4.12. The lowest BCUT2D eigenvalue weighted by atomic mass is 10.1. The molecule has 0 aliphatic carbocycles. The van der Waals surface area contributed by atoms with E-state index in [1.807, 2.05) is 38.2 Å². The Balaban J connectivity index is 1.89. The van der Waals surface area contributed by atoms with Crippen LogP contribution in [-0.2, 0) is 16.0 Å². The Morgan fingerprint density at radius 2 is 1.90 bits per heavy atom. The lowest BCUT2D eigenvalue weighted by Crippen LogP contribution is -2.31. The molecule has 1 N–H and O–H groups in total. The first-order valence-corrected chi connectivity index (χ1v) is 10.7. The van der Waals surface area contributed by atoms with Gasteiger partial charge in [-0.05, 0) is 44.4 Å². The number of hydrogen-bond acceptors (Lipinski definition) is 7. The molecular formula is C22H26N4O3S. The highest BCUT2D eigenvalue weighted by Crippen LogP contribution is 2.35. The second kappa shape index (κ2) is 9.21. The molecule has 2 aromatic heterocycles. The number of nitrogens with one attached hydrogen (secondary N) is 1. The summed E-state index contributed by atoms with van der Waals surface area (Å²) in [5, 5.41) is 3.76.